The summed E-state index contributed by atoms with van der Waals surface area (Å²) < 4.78 is 6.55. The van der Waals surface area contributed by atoms with Gasteiger partial charge < -0.3 is 9.84 Å². The number of benzene rings is 1. The van der Waals surface area contributed by atoms with E-state index in [4.69, 9.17) is 4.52 Å². The van der Waals surface area contributed by atoms with Crippen LogP contribution in [0.1, 0.15) is 43.5 Å². The summed E-state index contributed by atoms with van der Waals surface area (Å²) in [5.41, 5.74) is 1.02. The highest BCUT2D eigenvalue weighted by Crippen LogP contribution is 2.28. The molecule has 1 aromatic carbocycles. The van der Waals surface area contributed by atoms with Gasteiger partial charge in [-0.3, -0.25) is 0 Å². The molecule has 0 radical (unpaired) electrons. The summed E-state index contributed by atoms with van der Waals surface area (Å²) in [6.07, 6.45) is 4.17. The molecule has 0 aliphatic carbocycles. The second kappa shape index (κ2) is 5.66. The Kier molecular flexibility index (Phi) is 3.89. The van der Waals surface area contributed by atoms with E-state index in [1.807, 2.05) is 12.1 Å². The zero-order chi connectivity index (χ0) is 14.0. The van der Waals surface area contributed by atoms with Crippen LogP contribution >= 0.6 is 15.9 Å². The monoisotopic (exact) mass is 335 g/mol. The van der Waals surface area contributed by atoms with Crippen molar-refractivity contribution in [2.24, 2.45) is 0 Å². The molecular formula is C15H18BrN3O. The minimum Gasteiger partial charge on any atom is -0.337 e. The molecule has 0 spiro atoms. The van der Waals surface area contributed by atoms with E-state index in [1.54, 1.807) is 0 Å². The lowest BCUT2D eigenvalue weighted by Crippen LogP contribution is -2.43. The minimum atomic E-state index is -0.163. The van der Waals surface area contributed by atoms with E-state index >= 15 is 0 Å². The Balaban J connectivity index is 1.74. The summed E-state index contributed by atoms with van der Waals surface area (Å²) in [6, 6.07) is 8.20. The average Bonchev–Trinajstić information content (AvgIpc) is 2.92. The lowest BCUT2D eigenvalue weighted by molar-refractivity contribution is 0.206. The standard InChI is InChI=1S/C15H18BrN3O/c1-15(8-2-3-9-17-15)14-18-13(19-20-14)10-11-4-6-12(16)7-5-11/h4-7,17H,2-3,8-10H2,1H3. The van der Waals surface area contributed by atoms with Crippen molar-refractivity contribution in [2.75, 3.05) is 6.54 Å². The summed E-state index contributed by atoms with van der Waals surface area (Å²) in [5.74, 6) is 1.46. The number of hydrogen-bond acceptors (Lipinski definition) is 4. The quantitative estimate of drug-likeness (QED) is 0.933. The maximum Gasteiger partial charge on any atom is 0.246 e. The summed E-state index contributed by atoms with van der Waals surface area (Å²) in [5, 5.41) is 7.61. The van der Waals surface area contributed by atoms with Gasteiger partial charge in [0.25, 0.3) is 0 Å². The molecule has 3 rings (SSSR count). The molecule has 1 aliphatic rings. The largest absolute Gasteiger partial charge is 0.337 e. The van der Waals surface area contributed by atoms with E-state index in [-0.39, 0.29) is 5.54 Å². The summed E-state index contributed by atoms with van der Waals surface area (Å²) in [4.78, 5) is 4.57. The zero-order valence-corrected chi connectivity index (χ0v) is 13.1. The van der Waals surface area contributed by atoms with Crippen LogP contribution < -0.4 is 5.32 Å². The van der Waals surface area contributed by atoms with Crippen LogP contribution in [0.15, 0.2) is 33.3 Å². The van der Waals surface area contributed by atoms with Gasteiger partial charge in [-0.1, -0.05) is 33.2 Å². The molecule has 1 fully saturated rings. The molecule has 4 nitrogen and oxygen atoms in total. The molecule has 5 heteroatoms. The van der Waals surface area contributed by atoms with Gasteiger partial charge in [0.2, 0.25) is 5.89 Å². The highest BCUT2D eigenvalue weighted by atomic mass is 79.9. The average molecular weight is 336 g/mol. The lowest BCUT2D eigenvalue weighted by Gasteiger charge is -2.31. The normalized spacial score (nSPS) is 22.9. The van der Waals surface area contributed by atoms with Gasteiger partial charge in [0.1, 0.15) is 0 Å². The van der Waals surface area contributed by atoms with Crippen molar-refractivity contribution in [3.05, 3.63) is 46.0 Å². The van der Waals surface area contributed by atoms with Gasteiger partial charge in [-0.15, -0.1) is 0 Å². The molecule has 1 N–H and O–H groups in total. The van der Waals surface area contributed by atoms with Crippen LogP contribution in [0.4, 0.5) is 0 Å². The Labute approximate surface area is 127 Å². The van der Waals surface area contributed by atoms with E-state index in [9.17, 15) is 0 Å². The highest BCUT2D eigenvalue weighted by Gasteiger charge is 2.34. The molecule has 1 atom stereocenters. The molecule has 1 unspecified atom stereocenters. The highest BCUT2D eigenvalue weighted by molar-refractivity contribution is 9.10. The first kappa shape index (κ1) is 13.8. The van der Waals surface area contributed by atoms with Crippen LogP contribution in [0.25, 0.3) is 0 Å². The van der Waals surface area contributed by atoms with Crippen LogP contribution in [0.3, 0.4) is 0 Å². The van der Waals surface area contributed by atoms with Gasteiger partial charge in [-0.25, -0.2) is 0 Å². The Hall–Kier alpha value is -1.20. The maximum atomic E-state index is 5.47. The Morgan fingerprint density at radius 1 is 1.30 bits per heavy atom. The Bertz CT molecular complexity index is 573. The summed E-state index contributed by atoms with van der Waals surface area (Å²) in [7, 11) is 0. The van der Waals surface area contributed by atoms with Gasteiger partial charge in [-0.2, -0.15) is 4.98 Å². The molecule has 0 saturated carbocycles. The maximum absolute atomic E-state index is 5.47. The predicted molar refractivity (Wildman–Crippen MR) is 80.5 cm³/mol. The second-order valence-corrected chi connectivity index (χ2v) is 6.45. The van der Waals surface area contributed by atoms with Crippen molar-refractivity contribution in [1.29, 1.82) is 0 Å². The van der Waals surface area contributed by atoms with Crippen molar-refractivity contribution in [3.8, 4) is 0 Å². The molecule has 1 saturated heterocycles. The first-order valence-electron chi connectivity index (χ1n) is 6.98. The Morgan fingerprint density at radius 3 is 2.80 bits per heavy atom. The van der Waals surface area contributed by atoms with E-state index in [1.165, 1.54) is 18.4 Å². The van der Waals surface area contributed by atoms with E-state index in [2.05, 4.69) is 50.4 Å². The first-order valence-corrected chi connectivity index (χ1v) is 7.78. The number of piperidine rings is 1. The summed E-state index contributed by atoms with van der Waals surface area (Å²) >= 11 is 3.44. The SMILES string of the molecule is CC1(c2nc(Cc3ccc(Br)cc3)no2)CCCCN1. The lowest BCUT2D eigenvalue weighted by atomic mass is 9.91. The molecular weight excluding hydrogens is 318 g/mol. The number of hydrogen-bond donors (Lipinski definition) is 1. The van der Waals surface area contributed by atoms with Crippen molar-refractivity contribution in [2.45, 2.75) is 38.1 Å². The van der Waals surface area contributed by atoms with E-state index in [0.29, 0.717) is 12.3 Å². The third-order valence-electron chi connectivity index (χ3n) is 3.83. The third-order valence-corrected chi connectivity index (χ3v) is 4.36. The van der Waals surface area contributed by atoms with Crippen molar-refractivity contribution >= 4 is 15.9 Å². The van der Waals surface area contributed by atoms with Crippen LogP contribution in [0.2, 0.25) is 0 Å². The van der Waals surface area contributed by atoms with E-state index < -0.39 is 0 Å². The van der Waals surface area contributed by atoms with E-state index in [0.717, 1.165) is 23.3 Å². The number of nitrogens with zero attached hydrogens (tertiary/aromatic N) is 2. The van der Waals surface area contributed by atoms with Gasteiger partial charge in [0.15, 0.2) is 5.82 Å². The molecule has 2 heterocycles. The molecule has 20 heavy (non-hydrogen) atoms. The zero-order valence-electron chi connectivity index (χ0n) is 11.5. The summed E-state index contributed by atoms with van der Waals surface area (Å²) in [6.45, 7) is 3.16. The minimum absolute atomic E-state index is 0.163. The fourth-order valence-corrected chi connectivity index (χ4v) is 2.84. The fourth-order valence-electron chi connectivity index (χ4n) is 2.57. The van der Waals surface area contributed by atoms with Crippen molar-refractivity contribution < 1.29 is 4.52 Å². The van der Waals surface area contributed by atoms with Crippen molar-refractivity contribution in [1.82, 2.24) is 15.5 Å². The number of aromatic nitrogens is 2. The van der Waals surface area contributed by atoms with Gasteiger partial charge in [-0.05, 0) is 50.4 Å². The van der Waals surface area contributed by atoms with Crippen LogP contribution in [-0.4, -0.2) is 16.7 Å². The molecule has 2 aromatic rings. The van der Waals surface area contributed by atoms with Crippen LogP contribution in [0.5, 0.6) is 0 Å². The number of halogens is 1. The second-order valence-electron chi connectivity index (χ2n) is 5.53. The molecule has 0 bridgehead atoms. The van der Waals surface area contributed by atoms with Crippen LogP contribution in [-0.2, 0) is 12.0 Å². The number of nitrogens with one attached hydrogen (secondary N) is 1. The molecule has 1 aliphatic heterocycles. The van der Waals surface area contributed by atoms with Crippen molar-refractivity contribution in [3.63, 3.8) is 0 Å². The molecule has 106 valence electrons. The van der Waals surface area contributed by atoms with Crippen LogP contribution in [0, 0.1) is 0 Å². The molecule has 1 aromatic heterocycles. The first-order chi connectivity index (χ1) is 9.66. The van der Waals surface area contributed by atoms with Gasteiger partial charge >= 0.3 is 0 Å². The Morgan fingerprint density at radius 2 is 2.10 bits per heavy atom. The number of rotatable bonds is 3. The van der Waals surface area contributed by atoms with Gasteiger partial charge in [0.05, 0.1) is 5.54 Å². The molecule has 0 amide bonds. The predicted octanol–water partition coefficient (Wildman–Crippen LogP) is 3.41. The third kappa shape index (κ3) is 2.94. The van der Waals surface area contributed by atoms with Gasteiger partial charge in [0, 0.05) is 10.9 Å². The smallest absolute Gasteiger partial charge is 0.246 e. The topological polar surface area (TPSA) is 51.0 Å². The fraction of sp³-hybridized carbons (Fsp3) is 0.467.